The Balaban J connectivity index is 1.63. The lowest BCUT2D eigenvalue weighted by Gasteiger charge is -2.37. The van der Waals surface area contributed by atoms with E-state index in [-0.39, 0.29) is 5.82 Å². The van der Waals surface area contributed by atoms with Crippen molar-refractivity contribution in [2.24, 2.45) is 0 Å². The molecule has 0 saturated carbocycles. The summed E-state index contributed by atoms with van der Waals surface area (Å²) in [5.41, 5.74) is 8.69. The number of nitrogens with two attached hydrogens (primary N) is 1. The number of nitrogen functional groups attached to an aromatic ring is 1. The van der Waals surface area contributed by atoms with Gasteiger partial charge in [-0.1, -0.05) is 29.8 Å². The number of hydrogen-bond acceptors (Lipinski definition) is 3. The second kappa shape index (κ2) is 6.55. The first-order valence-corrected chi connectivity index (χ1v) is 7.77. The van der Waals surface area contributed by atoms with Gasteiger partial charge in [0.05, 0.1) is 16.4 Å². The van der Waals surface area contributed by atoms with Gasteiger partial charge >= 0.3 is 0 Å². The molecule has 2 N–H and O–H groups in total. The summed E-state index contributed by atoms with van der Waals surface area (Å²) >= 11 is 6.27. The first kappa shape index (κ1) is 15.1. The van der Waals surface area contributed by atoms with Gasteiger partial charge < -0.3 is 10.6 Å². The van der Waals surface area contributed by atoms with Gasteiger partial charge in [0.1, 0.15) is 5.82 Å². The first-order chi connectivity index (χ1) is 10.6. The molecular weight excluding hydrogens is 301 g/mol. The Bertz CT molecular complexity index is 634. The molecule has 0 aromatic heterocycles. The highest BCUT2D eigenvalue weighted by Crippen LogP contribution is 2.32. The van der Waals surface area contributed by atoms with Crippen LogP contribution in [0.2, 0.25) is 5.02 Å². The Kier molecular flexibility index (Phi) is 4.50. The van der Waals surface area contributed by atoms with Crippen molar-refractivity contribution in [2.45, 2.75) is 6.54 Å². The van der Waals surface area contributed by atoms with E-state index in [1.165, 1.54) is 6.07 Å². The fraction of sp³-hybridized carbons (Fsp3) is 0.294. The Labute approximate surface area is 135 Å². The van der Waals surface area contributed by atoms with Crippen molar-refractivity contribution in [1.29, 1.82) is 0 Å². The highest BCUT2D eigenvalue weighted by atomic mass is 35.5. The van der Waals surface area contributed by atoms with Crippen molar-refractivity contribution in [3.05, 3.63) is 58.9 Å². The van der Waals surface area contributed by atoms with Gasteiger partial charge in [-0.05, 0) is 29.8 Å². The van der Waals surface area contributed by atoms with Crippen LogP contribution in [0.4, 0.5) is 15.8 Å². The molecule has 0 spiro atoms. The average molecular weight is 320 g/mol. The van der Waals surface area contributed by atoms with Gasteiger partial charge in [0.25, 0.3) is 0 Å². The molecule has 2 aromatic carbocycles. The topological polar surface area (TPSA) is 32.5 Å². The van der Waals surface area contributed by atoms with E-state index in [4.69, 9.17) is 17.3 Å². The second-order valence-electron chi connectivity index (χ2n) is 5.57. The normalized spacial score (nSPS) is 16.0. The summed E-state index contributed by atoms with van der Waals surface area (Å²) < 4.78 is 13.2. The molecule has 1 aliphatic heterocycles. The van der Waals surface area contributed by atoms with Crippen LogP contribution in [0, 0.1) is 5.82 Å². The number of nitrogens with zero attached hydrogens (tertiary/aromatic N) is 2. The Morgan fingerprint density at radius 3 is 2.45 bits per heavy atom. The number of hydrogen-bond donors (Lipinski definition) is 1. The molecule has 1 aliphatic rings. The van der Waals surface area contributed by atoms with Crippen LogP contribution in [0.25, 0.3) is 0 Å². The number of benzene rings is 2. The molecule has 0 aliphatic carbocycles. The van der Waals surface area contributed by atoms with Gasteiger partial charge in [0.15, 0.2) is 0 Å². The Morgan fingerprint density at radius 2 is 1.77 bits per heavy atom. The third-order valence-corrected chi connectivity index (χ3v) is 4.31. The third-order valence-electron chi connectivity index (χ3n) is 4.00. The summed E-state index contributed by atoms with van der Waals surface area (Å²) in [6.07, 6.45) is 0. The predicted octanol–water partition coefficient (Wildman–Crippen LogP) is 3.38. The maximum absolute atomic E-state index is 13.2. The third kappa shape index (κ3) is 3.34. The van der Waals surface area contributed by atoms with E-state index in [0.29, 0.717) is 10.7 Å². The number of halogens is 2. The minimum atomic E-state index is -0.181. The van der Waals surface area contributed by atoms with E-state index >= 15 is 0 Å². The minimum absolute atomic E-state index is 0.181. The largest absolute Gasteiger partial charge is 0.397 e. The van der Waals surface area contributed by atoms with Crippen LogP contribution in [0.3, 0.4) is 0 Å². The van der Waals surface area contributed by atoms with Gasteiger partial charge in [0.2, 0.25) is 0 Å². The zero-order valence-corrected chi connectivity index (χ0v) is 13.1. The van der Waals surface area contributed by atoms with Crippen molar-refractivity contribution < 1.29 is 4.39 Å². The molecule has 0 radical (unpaired) electrons. The SMILES string of the molecule is Nc1cccc(Cl)c1N1CCN(Cc2cccc(F)c2)CC1. The molecule has 22 heavy (non-hydrogen) atoms. The smallest absolute Gasteiger partial charge is 0.123 e. The van der Waals surface area contributed by atoms with Crippen LogP contribution in [-0.4, -0.2) is 31.1 Å². The molecule has 1 saturated heterocycles. The van der Waals surface area contributed by atoms with E-state index < -0.39 is 0 Å². The quantitative estimate of drug-likeness (QED) is 0.880. The number of rotatable bonds is 3. The van der Waals surface area contributed by atoms with Crippen LogP contribution in [-0.2, 0) is 6.54 Å². The summed E-state index contributed by atoms with van der Waals surface area (Å²) in [6, 6.07) is 12.4. The van der Waals surface area contributed by atoms with E-state index in [2.05, 4.69) is 9.80 Å². The molecule has 0 unspecified atom stereocenters. The summed E-state index contributed by atoms with van der Waals surface area (Å²) in [4.78, 5) is 4.54. The molecule has 0 amide bonds. The molecule has 1 fully saturated rings. The van der Waals surface area contributed by atoms with Crippen LogP contribution in [0.15, 0.2) is 42.5 Å². The lowest BCUT2D eigenvalue weighted by Crippen LogP contribution is -2.46. The van der Waals surface area contributed by atoms with E-state index in [0.717, 1.165) is 44.0 Å². The number of anilines is 2. The van der Waals surface area contributed by atoms with E-state index in [1.807, 2.05) is 24.3 Å². The lowest BCUT2D eigenvalue weighted by molar-refractivity contribution is 0.249. The molecule has 0 atom stereocenters. The second-order valence-corrected chi connectivity index (χ2v) is 5.98. The summed E-state index contributed by atoms with van der Waals surface area (Å²) in [5.74, 6) is -0.181. The van der Waals surface area contributed by atoms with Gasteiger partial charge in [0, 0.05) is 32.7 Å². The molecule has 2 aromatic rings. The molecular formula is C17H19ClFN3. The number of para-hydroxylation sites is 1. The molecule has 116 valence electrons. The molecule has 3 rings (SSSR count). The van der Waals surface area contributed by atoms with E-state index in [9.17, 15) is 4.39 Å². The van der Waals surface area contributed by atoms with Crippen LogP contribution >= 0.6 is 11.6 Å². The monoisotopic (exact) mass is 319 g/mol. The fourth-order valence-electron chi connectivity index (χ4n) is 2.89. The van der Waals surface area contributed by atoms with Crippen molar-refractivity contribution in [3.8, 4) is 0 Å². The fourth-order valence-corrected chi connectivity index (χ4v) is 3.19. The minimum Gasteiger partial charge on any atom is -0.397 e. The molecule has 1 heterocycles. The zero-order valence-electron chi connectivity index (χ0n) is 12.3. The van der Waals surface area contributed by atoms with Crippen LogP contribution in [0.5, 0.6) is 0 Å². The number of piperazine rings is 1. The first-order valence-electron chi connectivity index (χ1n) is 7.39. The van der Waals surface area contributed by atoms with Gasteiger partial charge in [-0.3, -0.25) is 4.90 Å². The molecule has 5 heteroatoms. The standard InChI is InChI=1S/C17H19ClFN3/c18-15-5-2-6-16(20)17(15)22-9-7-21(8-10-22)12-13-3-1-4-14(19)11-13/h1-6,11H,7-10,12,20H2. The van der Waals surface area contributed by atoms with Gasteiger partial charge in [-0.2, -0.15) is 0 Å². The van der Waals surface area contributed by atoms with E-state index in [1.54, 1.807) is 12.1 Å². The highest BCUT2D eigenvalue weighted by molar-refractivity contribution is 6.34. The Morgan fingerprint density at radius 1 is 1.05 bits per heavy atom. The summed E-state index contributed by atoms with van der Waals surface area (Å²) in [6.45, 7) is 4.30. The van der Waals surface area contributed by atoms with Gasteiger partial charge in [-0.15, -0.1) is 0 Å². The van der Waals surface area contributed by atoms with Crippen molar-refractivity contribution in [3.63, 3.8) is 0 Å². The van der Waals surface area contributed by atoms with Crippen LogP contribution < -0.4 is 10.6 Å². The summed E-state index contributed by atoms with van der Waals surface area (Å²) in [5, 5.41) is 0.693. The highest BCUT2D eigenvalue weighted by Gasteiger charge is 2.20. The predicted molar refractivity (Wildman–Crippen MR) is 89.8 cm³/mol. The lowest BCUT2D eigenvalue weighted by atomic mass is 10.1. The maximum atomic E-state index is 13.2. The average Bonchev–Trinajstić information content (AvgIpc) is 2.49. The molecule has 0 bridgehead atoms. The van der Waals surface area contributed by atoms with Crippen LogP contribution in [0.1, 0.15) is 5.56 Å². The Hall–Kier alpha value is -1.78. The van der Waals surface area contributed by atoms with Crippen molar-refractivity contribution >= 4 is 23.0 Å². The zero-order chi connectivity index (χ0) is 15.5. The maximum Gasteiger partial charge on any atom is 0.123 e. The van der Waals surface area contributed by atoms with Crippen molar-refractivity contribution in [1.82, 2.24) is 4.90 Å². The summed E-state index contributed by atoms with van der Waals surface area (Å²) in [7, 11) is 0. The van der Waals surface area contributed by atoms with Crippen molar-refractivity contribution in [2.75, 3.05) is 36.8 Å². The van der Waals surface area contributed by atoms with Gasteiger partial charge in [-0.25, -0.2) is 4.39 Å². The molecule has 3 nitrogen and oxygen atoms in total.